The van der Waals surface area contributed by atoms with E-state index in [0.29, 0.717) is 5.56 Å². The Balaban J connectivity index is 2.22. The van der Waals surface area contributed by atoms with Crippen LogP contribution in [-0.4, -0.2) is 11.3 Å². The van der Waals surface area contributed by atoms with Gasteiger partial charge in [-0.2, -0.15) is 5.26 Å². The van der Waals surface area contributed by atoms with Crippen LogP contribution in [0.2, 0.25) is 0 Å². The molecule has 3 heteroatoms. The van der Waals surface area contributed by atoms with Crippen molar-refractivity contribution >= 4 is 11.9 Å². The standard InChI is InChI=1S/C15H12N2O/c16-9-12-5-7-13(8-6-12)10-17-15-4-2-1-3-14(15)11-18/h1-8,10,18H,11H2. The molecule has 0 aliphatic carbocycles. The van der Waals surface area contributed by atoms with Crippen LogP contribution in [0.15, 0.2) is 53.5 Å². The molecule has 0 aliphatic rings. The fraction of sp³-hybridized carbons (Fsp3) is 0.0667. The second-order valence-corrected chi connectivity index (χ2v) is 3.78. The van der Waals surface area contributed by atoms with Gasteiger partial charge in [-0.25, -0.2) is 0 Å². The van der Waals surface area contributed by atoms with Crippen molar-refractivity contribution in [3.05, 3.63) is 65.2 Å². The Kier molecular flexibility index (Phi) is 3.85. The molecule has 0 fully saturated rings. The van der Waals surface area contributed by atoms with E-state index in [-0.39, 0.29) is 6.61 Å². The molecule has 0 spiro atoms. The van der Waals surface area contributed by atoms with E-state index < -0.39 is 0 Å². The highest BCUT2D eigenvalue weighted by atomic mass is 16.3. The minimum absolute atomic E-state index is 0.0269. The molecule has 2 rings (SSSR count). The maximum absolute atomic E-state index is 9.17. The molecule has 88 valence electrons. The minimum atomic E-state index is -0.0269. The van der Waals surface area contributed by atoms with Crippen molar-refractivity contribution in [2.45, 2.75) is 6.61 Å². The number of hydrogen-bond acceptors (Lipinski definition) is 3. The van der Waals surface area contributed by atoms with Gasteiger partial charge in [0.2, 0.25) is 0 Å². The van der Waals surface area contributed by atoms with Gasteiger partial charge in [0.1, 0.15) is 0 Å². The number of aliphatic hydroxyl groups excluding tert-OH is 1. The lowest BCUT2D eigenvalue weighted by Crippen LogP contribution is -1.85. The zero-order valence-corrected chi connectivity index (χ0v) is 9.74. The first kappa shape index (κ1) is 12.0. The zero-order valence-electron chi connectivity index (χ0n) is 9.74. The molecule has 0 saturated heterocycles. The summed E-state index contributed by atoms with van der Waals surface area (Å²) in [6.45, 7) is -0.0269. The van der Waals surface area contributed by atoms with Gasteiger partial charge < -0.3 is 5.11 Å². The zero-order chi connectivity index (χ0) is 12.8. The molecule has 18 heavy (non-hydrogen) atoms. The van der Waals surface area contributed by atoms with Gasteiger partial charge in [-0.15, -0.1) is 0 Å². The van der Waals surface area contributed by atoms with E-state index in [1.54, 1.807) is 18.3 Å². The average molecular weight is 236 g/mol. The van der Waals surface area contributed by atoms with Crippen LogP contribution in [0.1, 0.15) is 16.7 Å². The van der Waals surface area contributed by atoms with Gasteiger partial charge in [0.15, 0.2) is 0 Å². The molecule has 1 N–H and O–H groups in total. The second-order valence-electron chi connectivity index (χ2n) is 3.78. The Morgan fingerprint density at radius 1 is 1.11 bits per heavy atom. The molecule has 0 unspecified atom stereocenters. The highest BCUT2D eigenvalue weighted by Gasteiger charge is 1.97. The van der Waals surface area contributed by atoms with Gasteiger partial charge in [-0.05, 0) is 23.8 Å². The highest BCUT2D eigenvalue weighted by Crippen LogP contribution is 2.18. The van der Waals surface area contributed by atoms with Crippen LogP contribution in [-0.2, 0) is 6.61 Å². The van der Waals surface area contributed by atoms with Gasteiger partial charge in [0.05, 0.1) is 23.9 Å². The van der Waals surface area contributed by atoms with Crippen LogP contribution in [0.5, 0.6) is 0 Å². The van der Waals surface area contributed by atoms with E-state index in [9.17, 15) is 5.11 Å². The van der Waals surface area contributed by atoms with Crippen LogP contribution in [0.25, 0.3) is 0 Å². The third kappa shape index (κ3) is 2.82. The van der Waals surface area contributed by atoms with Crippen molar-refractivity contribution in [2.24, 2.45) is 4.99 Å². The molecule has 2 aromatic rings. The molecular weight excluding hydrogens is 224 g/mol. The number of benzene rings is 2. The number of aliphatic hydroxyl groups is 1. The van der Waals surface area contributed by atoms with Crippen LogP contribution >= 0.6 is 0 Å². The smallest absolute Gasteiger partial charge is 0.0991 e. The van der Waals surface area contributed by atoms with Gasteiger partial charge in [0, 0.05) is 11.8 Å². The second kappa shape index (κ2) is 5.76. The van der Waals surface area contributed by atoms with Crippen LogP contribution in [0.4, 0.5) is 5.69 Å². The highest BCUT2D eigenvalue weighted by molar-refractivity contribution is 5.82. The number of hydrogen-bond donors (Lipinski definition) is 1. The van der Waals surface area contributed by atoms with E-state index in [4.69, 9.17) is 5.26 Å². The third-order valence-corrected chi connectivity index (χ3v) is 2.55. The maximum atomic E-state index is 9.17. The van der Waals surface area contributed by atoms with Crippen LogP contribution < -0.4 is 0 Å². The van der Waals surface area contributed by atoms with Crippen molar-refractivity contribution in [1.82, 2.24) is 0 Å². The largest absolute Gasteiger partial charge is 0.392 e. The Morgan fingerprint density at radius 2 is 1.83 bits per heavy atom. The summed E-state index contributed by atoms with van der Waals surface area (Å²) in [5.74, 6) is 0. The van der Waals surface area contributed by atoms with Crippen molar-refractivity contribution in [3.8, 4) is 6.07 Å². The molecule has 0 saturated carbocycles. The van der Waals surface area contributed by atoms with Gasteiger partial charge in [0.25, 0.3) is 0 Å². The molecular formula is C15H12N2O. The average Bonchev–Trinajstić information content (AvgIpc) is 2.46. The first-order valence-electron chi connectivity index (χ1n) is 5.56. The van der Waals surface area contributed by atoms with Gasteiger partial charge in [-0.3, -0.25) is 4.99 Å². The lowest BCUT2D eigenvalue weighted by Gasteiger charge is -2.00. The minimum Gasteiger partial charge on any atom is -0.392 e. The summed E-state index contributed by atoms with van der Waals surface area (Å²) < 4.78 is 0. The topological polar surface area (TPSA) is 56.4 Å². The summed E-state index contributed by atoms with van der Waals surface area (Å²) in [5.41, 5.74) is 3.09. The van der Waals surface area contributed by atoms with Crippen molar-refractivity contribution in [1.29, 1.82) is 5.26 Å². The Bertz CT molecular complexity index is 595. The van der Waals surface area contributed by atoms with E-state index >= 15 is 0 Å². The normalized spacial score (nSPS) is 10.4. The summed E-state index contributed by atoms with van der Waals surface area (Å²) in [6.07, 6.45) is 1.72. The van der Waals surface area contributed by atoms with Crippen LogP contribution in [0, 0.1) is 11.3 Å². The van der Waals surface area contributed by atoms with E-state index in [0.717, 1.165) is 16.8 Å². The molecule has 0 amide bonds. The Hall–Kier alpha value is -2.44. The molecule has 0 aliphatic heterocycles. The summed E-state index contributed by atoms with van der Waals surface area (Å²) in [7, 11) is 0. The molecule has 0 aromatic heterocycles. The SMILES string of the molecule is N#Cc1ccc(C=Nc2ccccc2CO)cc1. The molecule has 2 aromatic carbocycles. The van der Waals surface area contributed by atoms with Crippen molar-refractivity contribution in [2.75, 3.05) is 0 Å². The molecule has 0 radical (unpaired) electrons. The molecule has 0 atom stereocenters. The summed E-state index contributed by atoms with van der Waals surface area (Å²) in [5, 5.41) is 17.9. The van der Waals surface area contributed by atoms with E-state index in [2.05, 4.69) is 11.1 Å². The first-order valence-corrected chi connectivity index (χ1v) is 5.56. The summed E-state index contributed by atoms with van der Waals surface area (Å²) in [6, 6.07) is 16.7. The monoisotopic (exact) mass is 236 g/mol. The number of aliphatic imine (C=N–C) groups is 1. The number of nitrogens with zero attached hydrogens (tertiary/aromatic N) is 2. The van der Waals surface area contributed by atoms with E-state index in [1.807, 2.05) is 36.4 Å². The van der Waals surface area contributed by atoms with Gasteiger partial charge in [-0.1, -0.05) is 30.3 Å². The fourth-order valence-electron chi connectivity index (χ4n) is 1.56. The predicted octanol–water partition coefficient (Wildman–Crippen LogP) is 2.80. The Morgan fingerprint density at radius 3 is 2.50 bits per heavy atom. The summed E-state index contributed by atoms with van der Waals surface area (Å²) >= 11 is 0. The molecule has 0 bridgehead atoms. The maximum Gasteiger partial charge on any atom is 0.0991 e. The number of rotatable bonds is 3. The fourth-order valence-corrected chi connectivity index (χ4v) is 1.56. The van der Waals surface area contributed by atoms with E-state index in [1.165, 1.54) is 0 Å². The predicted molar refractivity (Wildman–Crippen MR) is 70.8 cm³/mol. The lowest BCUT2D eigenvalue weighted by atomic mass is 10.1. The lowest BCUT2D eigenvalue weighted by molar-refractivity contribution is 0.282. The first-order chi connectivity index (χ1) is 8.83. The molecule has 3 nitrogen and oxygen atoms in total. The van der Waals surface area contributed by atoms with Crippen LogP contribution in [0.3, 0.4) is 0 Å². The summed E-state index contributed by atoms with van der Waals surface area (Å²) in [4.78, 5) is 4.33. The third-order valence-electron chi connectivity index (χ3n) is 2.55. The van der Waals surface area contributed by atoms with Crippen molar-refractivity contribution < 1.29 is 5.11 Å². The number of nitriles is 1. The molecule has 0 heterocycles. The Labute approximate surface area is 106 Å². The quantitative estimate of drug-likeness (QED) is 0.833. The van der Waals surface area contributed by atoms with Gasteiger partial charge >= 0.3 is 0 Å². The van der Waals surface area contributed by atoms with Crippen molar-refractivity contribution in [3.63, 3.8) is 0 Å². The number of para-hydroxylation sites is 1.